The van der Waals surface area contributed by atoms with Crippen molar-refractivity contribution in [2.45, 2.75) is 13.0 Å². The monoisotopic (exact) mass is 186 g/mol. The maximum absolute atomic E-state index is 5.83. The van der Waals surface area contributed by atoms with E-state index in [0.717, 1.165) is 11.3 Å². The van der Waals surface area contributed by atoms with E-state index in [1.54, 1.807) is 0 Å². The molecule has 2 N–H and O–H groups in total. The van der Waals surface area contributed by atoms with Gasteiger partial charge < -0.3 is 10.3 Å². The molecule has 0 aliphatic rings. The minimum absolute atomic E-state index is 0.0884. The van der Waals surface area contributed by atoms with Crippen molar-refractivity contribution >= 4 is 0 Å². The predicted octanol–water partition coefficient (Wildman–Crippen LogP) is 2.50. The van der Waals surface area contributed by atoms with Crippen LogP contribution >= 0.6 is 0 Å². The van der Waals surface area contributed by atoms with Crippen molar-refractivity contribution in [1.29, 1.82) is 0 Å². The molecule has 0 spiro atoms. The second-order valence-corrected chi connectivity index (χ2v) is 3.47. The van der Waals surface area contributed by atoms with Crippen LogP contribution in [0, 0.1) is 0 Å². The first kappa shape index (κ1) is 9.03. The van der Waals surface area contributed by atoms with Crippen molar-refractivity contribution < 1.29 is 0 Å². The van der Waals surface area contributed by atoms with Crippen molar-refractivity contribution in [3.63, 3.8) is 0 Å². The summed E-state index contributed by atoms with van der Waals surface area (Å²) in [6, 6.07) is 12.4. The van der Waals surface area contributed by atoms with Gasteiger partial charge in [0, 0.05) is 24.1 Å². The van der Waals surface area contributed by atoms with Gasteiger partial charge in [0.15, 0.2) is 0 Å². The van der Waals surface area contributed by atoms with E-state index in [4.69, 9.17) is 5.73 Å². The molecule has 0 radical (unpaired) electrons. The zero-order valence-electron chi connectivity index (χ0n) is 8.22. The zero-order chi connectivity index (χ0) is 9.97. The number of hydrogen-bond acceptors (Lipinski definition) is 1. The maximum Gasteiger partial charge on any atom is 0.0452 e. The SMILES string of the molecule is C[C@@H](N)c1cccc(-n2cccc2)c1. The molecule has 2 nitrogen and oxygen atoms in total. The average molecular weight is 186 g/mol. The van der Waals surface area contributed by atoms with E-state index in [2.05, 4.69) is 22.8 Å². The largest absolute Gasteiger partial charge is 0.324 e. The summed E-state index contributed by atoms with van der Waals surface area (Å²) in [4.78, 5) is 0. The van der Waals surface area contributed by atoms with E-state index in [0.29, 0.717) is 0 Å². The topological polar surface area (TPSA) is 30.9 Å². The van der Waals surface area contributed by atoms with E-state index in [1.807, 2.05) is 37.5 Å². The summed E-state index contributed by atoms with van der Waals surface area (Å²) < 4.78 is 2.08. The Bertz CT molecular complexity index is 402. The Kier molecular flexibility index (Phi) is 2.37. The van der Waals surface area contributed by atoms with Gasteiger partial charge in [-0.15, -0.1) is 0 Å². The van der Waals surface area contributed by atoms with E-state index >= 15 is 0 Å². The first-order chi connectivity index (χ1) is 6.77. The van der Waals surface area contributed by atoms with Gasteiger partial charge in [0.1, 0.15) is 0 Å². The van der Waals surface area contributed by atoms with Crippen LogP contribution in [-0.2, 0) is 0 Å². The molecule has 1 heterocycles. The van der Waals surface area contributed by atoms with Gasteiger partial charge in [-0.3, -0.25) is 0 Å². The smallest absolute Gasteiger partial charge is 0.0452 e. The minimum atomic E-state index is 0.0884. The Labute approximate surface area is 84.0 Å². The summed E-state index contributed by atoms with van der Waals surface area (Å²) in [5, 5.41) is 0. The van der Waals surface area contributed by atoms with Gasteiger partial charge in [0.2, 0.25) is 0 Å². The van der Waals surface area contributed by atoms with Gasteiger partial charge in [0.05, 0.1) is 0 Å². The summed E-state index contributed by atoms with van der Waals surface area (Å²) in [5.41, 5.74) is 8.15. The molecule has 0 bridgehead atoms. The molecule has 1 atom stereocenters. The molecule has 72 valence electrons. The standard InChI is InChI=1S/C12H14N2/c1-10(13)11-5-4-6-12(9-11)14-7-2-3-8-14/h2-10H,13H2,1H3/t10-/m1/s1. The lowest BCUT2D eigenvalue weighted by Crippen LogP contribution is -2.05. The molecule has 0 fully saturated rings. The number of hydrogen-bond donors (Lipinski definition) is 1. The number of benzene rings is 1. The maximum atomic E-state index is 5.83. The highest BCUT2D eigenvalue weighted by molar-refractivity contribution is 5.37. The van der Waals surface area contributed by atoms with Crippen molar-refractivity contribution in [3.05, 3.63) is 54.4 Å². The Morgan fingerprint density at radius 2 is 1.86 bits per heavy atom. The lowest BCUT2D eigenvalue weighted by molar-refractivity contribution is 0.816. The Morgan fingerprint density at radius 1 is 1.14 bits per heavy atom. The fraction of sp³-hybridized carbons (Fsp3) is 0.167. The molecular weight excluding hydrogens is 172 g/mol. The summed E-state index contributed by atoms with van der Waals surface area (Å²) in [7, 11) is 0. The molecule has 0 aliphatic carbocycles. The van der Waals surface area contributed by atoms with Crippen LogP contribution in [0.25, 0.3) is 5.69 Å². The quantitative estimate of drug-likeness (QED) is 0.767. The Balaban J connectivity index is 2.41. The first-order valence-corrected chi connectivity index (χ1v) is 4.76. The Morgan fingerprint density at radius 3 is 2.50 bits per heavy atom. The molecule has 0 saturated heterocycles. The van der Waals surface area contributed by atoms with Crippen molar-refractivity contribution in [2.75, 3.05) is 0 Å². The van der Waals surface area contributed by atoms with Crippen LogP contribution < -0.4 is 5.73 Å². The van der Waals surface area contributed by atoms with Crippen molar-refractivity contribution in [1.82, 2.24) is 4.57 Å². The van der Waals surface area contributed by atoms with Crippen LogP contribution in [0.1, 0.15) is 18.5 Å². The van der Waals surface area contributed by atoms with Crippen LogP contribution in [0.5, 0.6) is 0 Å². The number of aromatic nitrogens is 1. The summed E-state index contributed by atoms with van der Waals surface area (Å²) in [5.74, 6) is 0. The normalized spacial score (nSPS) is 12.7. The van der Waals surface area contributed by atoms with Gasteiger partial charge in [-0.2, -0.15) is 0 Å². The lowest BCUT2D eigenvalue weighted by atomic mass is 10.1. The molecule has 14 heavy (non-hydrogen) atoms. The van der Waals surface area contributed by atoms with Gasteiger partial charge in [0.25, 0.3) is 0 Å². The van der Waals surface area contributed by atoms with Gasteiger partial charge in [-0.25, -0.2) is 0 Å². The molecule has 0 aliphatic heterocycles. The van der Waals surface area contributed by atoms with Crippen molar-refractivity contribution in [3.8, 4) is 5.69 Å². The highest BCUT2D eigenvalue weighted by Crippen LogP contribution is 2.15. The molecule has 1 aromatic carbocycles. The lowest BCUT2D eigenvalue weighted by Gasteiger charge is -2.08. The van der Waals surface area contributed by atoms with E-state index in [9.17, 15) is 0 Å². The molecule has 0 amide bonds. The van der Waals surface area contributed by atoms with Crippen LogP contribution in [0.3, 0.4) is 0 Å². The summed E-state index contributed by atoms with van der Waals surface area (Å²) in [6.45, 7) is 1.99. The predicted molar refractivity (Wildman–Crippen MR) is 58.4 cm³/mol. The van der Waals surface area contributed by atoms with Crippen molar-refractivity contribution in [2.24, 2.45) is 5.73 Å². The summed E-state index contributed by atoms with van der Waals surface area (Å²) >= 11 is 0. The molecule has 2 aromatic rings. The molecule has 2 rings (SSSR count). The molecule has 2 heteroatoms. The van der Waals surface area contributed by atoms with Gasteiger partial charge in [-0.05, 0) is 36.8 Å². The van der Waals surface area contributed by atoms with Gasteiger partial charge >= 0.3 is 0 Å². The number of nitrogens with two attached hydrogens (primary N) is 1. The molecular formula is C12H14N2. The second-order valence-electron chi connectivity index (χ2n) is 3.47. The van der Waals surface area contributed by atoms with Crippen LogP contribution in [0.4, 0.5) is 0 Å². The highest BCUT2D eigenvalue weighted by atomic mass is 14.9. The Hall–Kier alpha value is -1.54. The fourth-order valence-corrected chi connectivity index (χ4v) is 1.48. The third-order valence-corrected chi connectivity index (χ3v) is 2.30. The zero-order valence-corrected chi connectivity index (χ0v) is 8.22. The molecule has 0 unspecified atom stereocenters. The van der Waals surface area contributed by atoms with Crippen LogP contribution in [0.2, 0.25) is 0 Å². The van der Waals surface area contributed by atoms with Crippen LogP contribution in [0.15, 0.2) is 48.8 Å². The first-order valence-electron chi connectivity index (χ1n) is 4.76. The fourth-order valence-electron chi connectivity index (χ4n) is 1.48. The third kappa shape index (κ3) is 1.70. The van der Waals surface area contributed by atoms with Gasteiger partial charge in [-0.1, -0.05) is 12.1 Å². The number of rotatable bonds is 2. The highest BCUT2D eigenvalue weighted by Gasteiger charge is 2.00. The molecule has 1 aromatic heterocycles. The molecule has 0 saturated carbocycles. The minimum Gasteiger partial charge on any atom is -0.324 e. The number of nitrogens with zero attached hydrogens (tertiary/aromatic N) is 1. The summed E-state index contributed by atoms with van der Waals surface area (Å²) in [6.07, 6.45) is 4.06. The average Bonchev–Trinajstić information content (AvgIpc) is 2.71. The van der Waals surface area contributed by atoms with E-state index in [-0.39, 0.29) is 6.04 Å². The third-order valence-electron chi connectivity index (χ3n) is 2.30. The second kappa shape index (κ2) is 3.68. The van der Waals surface area contributed by atoms with Crippen LogP contribution in [-0.4, -0.2) is 4.57 Å². The van der Waals surface area contributed by atoms with E-state index < -0.39 is 0 Å². The van der Waals surface area contributed by atoms with E-state index in [1.165, 1.54) is 0 Å².